The van der Waals surface area contributed by atoms with Crippen molar-refractivity contribution in [3.05, 3.63) is 35.9 Å². The van der Waals surface area contributed by atoms with Crippen LogP contribution in [0.3, 0.4) is 0 Å². The van der Waals surface area contributed by atoms with Gasteiger partial charge in [0.05, 0.1) is 0 Å². The smallest absolute Gasteiger partial charge is 0.253 e. The summed E-state index contributed by atoms with van der Waals surface area (Å²) in [6, 6.07) is 9.95. The molecule has 0 saturated carbocycles. The first-order valence-electron chi connectivity index (χ1n) is 6.36. The molecule has 0 aliphatic carbocycles. The van der Waals surface area contributed by atoms with Crippen molar-refractivity contribution < 1.29 is 4.79 Å². The Balaban J connectivity index is 2.05. The van der Waals surface area contributed by atoms with Crippen molar-refractivity contribution in [1.29, 1.82) is 0 Å². The van der Waals surface area contributed by atoms with Gasteiger partial charge in [0, 0.05) is 29.9 Å². The molecular formula is C14H20N2OS. The van der Waals surface area contributed by atoms with Crippen LogP contribution in [0.15, 0.2) is 30.3 Å². The lowest BCUT2D eigenvalue weighted by atomic mass is 10.2. The van der Waals surface area contributed by atoms with E-state index < -0.39 is 0 Å². The normalized spacial score (nSPS) is 23.3. The molecule has 0 aromatic heterocycles. The monoisotopic (exact) mass is 264 g/mol. The molecule has 1 aliphatic rings. The SMILES string of the molecule is CCN[C@H]1CN(C(=O)c2ccccc2)C[C@@H]1SC. The first kappa shape index (κ1) is 13.4. The van der Waals surface area contributed by atoms with Gasteiger partial charge in [-0.3, -0.25) is 4.79 Å². The predicted molar refractivity (Wildman–Crippen MR) is 77.1 cm³/mol. The number of hydrogen-bond acceptors (Lipinski definition) is 3. The summed E-state index contributed by atoms with van der Waals surface area (Å²) in [6.45, 7) is 4.72. The zero-order valence-corrected chi connectivity index (χ0v) is 11.7. The standard InChI is InChI=1S/C14H20N2OS/c1-3-15-12-9-16(10-13(12)18-2)14(17)11-7-5-4-6-8-11/h4-8,12-13,15H,3,9-10H2,1-2H3/t12-,13-/m0/s1. The van der Waals surface area contributed by atoms with Gasteiger partial charge in [0.2, 0.25) is 0 Å². The molecule has 2 atom stereocenters. The lowest BCUT2D eigenvalue weighted by Gasteiger charge is -2.16. The van der Waals surface area contributed by atoms with Gasteiger partial charge in [-0.2, -0.15) is 11.8 Å². The van der Waals surface area contributed by atoms with Gasteiger partial charge in [-0.1, -0.05) is 25.1 Å². The summed E-state index contributed by atoms with van der Waals surface area (Å²) < 4.78 is 0. The van der Waals surface area contributed by atoms with Crippen LogP contribution >= 0.6 is 11.8 Å². The minimum absolute atomic E-state index is 0.148. The van der Waals surface area contributed by atoms with Crippen molar-refractivity contribution >= 4 is 17.7 Å². The maximum absolute atomic E-state index is 12.3. The molecule has 98 valence electrons. The van der Waals surface area contributed by atoms with Crippen molar-refractivity contribution in [2.45, 2.75) is 18.2 Å². The fourth-order valence-electron chi connectivity index (χ4n) is 2.40. The van der Waals surface area contributed by atoms with E-state index in [-0.39, 0.29) is 5.91 Å². The Bertz CT molecular complexity index is 396. The molecule has 0 radical (unpaired) electrons. The second kappa shape index (κ2) is 6.25. The third-order valence-electron chi connectivity index (χ3n) is 3.34. The van der Waals surface area contributed by atoms with Crippen LogP contribution in [0, 0.1) is 0 Å². The largest absolute Gasteiger partial charge is 0.336 e. The van der Waals surface area contributed by atoms with Crippen molar-refractivity contribution in [1.82, 2.24) is 10.2 Å². The number of likely N-dealkylation sites (N-methyl/N-ethyl adjacent to an activating group) is 1. The van der Waals surface area contributed by atoms with E-state index in [1.165, 1.54) is 0 Å². The number of amides is 1. The van der Waals surface area contributed by atoms with Crippen LogP contribution in [0.25, 0.3) is 0 Å². The van der Waals surface area contributed by atoms with Crippen molar-refractivity contribution in [2.75, 3.05) is 25.9 Å². The van der Waals surface area contributed by atoms with Crippen LogP contribution < -0.4 is 5.32 Å². The highest BCUT2D eigenvalue weighted by atomic mass is 32.2. The Morgan fingerprint density at radius 2 is 2.11 bits per heavy atom. The summed E-state index contributed by atoms with van der Waals surface area (Å²) >= 11 is 1.84. The number of nitrogens with one attached hydrogen (secondary N) is 1. The number of likely N-dealkylation sites (tertiary alicyclic amines) is 1. The topological polar surface area (TPSA) is 32.3 Å². The molecule has 0 spiro atoms. The number of hydrogen-bond donors (Lipinski definition) is 1. The van der Waals surface area contributed by atoms with E-state index in [4.69, 9.17) is 0 Å². The Morgan fingerprint density at radius 1 is 1.39 bits per heavy atom. The van der Waals surface area contributed by atoms with Crippen LogP contribution in [0.2, 0.25) is 0 Å². The van der Waals surface area contributed by atoms with E-state index in [2.05, 4.69) is 18.5 Å². The summed E-state index contributed by atoms with van der Waals surface area (Å²) in [5.74, 6) is 0.148. The first-order chi connectivity index (χ1) is 8.76. The Morgan fingerprint density at radius 3 is 2.72 bits per heavy atom. The molecular weight excluding hydrogens is 244 g/mol. The Labute approximate surface area is 113 Å². The number of benzene rings is 1. The van der Waals surface area contributed by atoms with Crippen LogP contribution in [-0.4, -0.2) is 48.0 Å². The molecule has 1 aromatic carbocycles. The molecule has 2 rings (SSSR count). The van der Waals surface area contributed by atoms with Gasteiger partial charge in [-0.05, 0) is 24.9 Å². The molecule has 1 aliphatic heterocycles. The average Bonchev–Trinajstić information content (AvgIpc) is 2.82. The molecule has 1 N–H and O–H groups in total. The summed E-state index contributed by atoms with van der Waals surface area (Å²) in [6.07, 6.45) is 2.12. The van der Waals surface area contributed by atoms with E-state index >= 15 is 0 Å². The van der Waals surface area contributed by atoms with E-state index in [1.807, 2.05) is 47.0 Å². The number of carbonyl (C=O) groups is 1. The average molecular weight is 264 g/mol. The minimum Gasteiger partial charge on any atom is -0.336 e. The second-order valence-corrected chi connectivity index (χ2v) is 5.59. The first-order valence-corrected chi connectivity index (χ1v) is 7.65. The lowest BCUT2D eigenvalue weighted by molar-refractivity contribution is 0.0790. The zero-order chi connectivity index (χ0) is 13.0. The molecule has 4 heteroatoms. The van der Waals surface area contributed by atoms with Crippen molar-refractivity contribution in [2.24, 2.45) is 0 Å². The predicted octanol–water partition coefficient (Wildman–Crippen LogP) is 1.85. The maximum atomic E-state index is 12.3. The van der Waals surface area contributed by atoms with Gasteiger partial charge in [0.15, 0.2) is 0 Å². The molecule has 1 amide bonds. The van der Waals surface area contributed by atoms with Crippen molar-refractivity contribution in [3.8, 4) is 0 Å². The van der Waals surface area contributed by atoms with Crippen LogP contribution in [0.4, 0.5) is 0 Å². The quantitative estimate of drug-likeness (QED) is 0.901. The van der Waals surface area contributed by atoms with Gasteiger partial charge in [-0.25, -0.2) is 0 Å². The molecule has 3 nitrogen and oxygen atoms in total. The van der Waals surface area contributed by atoms with Gasteiger partial charge in [-0.15, -0.1) is 0 Å². The minimum atomic E-state index is 0.148. The van der Waals surface area contributed by atoms with Crippen LogP contribution in [0.1, 0.15) is 17.3 Å². The van der Waals surface area contributed by atoms with E-state index in [1.54, 1.807) is 0 Å². The van der Waals surface area contributed by atoms with Crippen LogP contribution in [-0.2, 0) is 0 Å². The number of rotatable bonds is 4. The lowest BCUT2D eigenvalue weighted by Crippen LogP contribution is -2.38. The summed E-state index contributed by atoms with van der Waals surface area (Å²) in [4.78, 5) is 14.3. The molecule has 1 heterocycles. The van der Waals surface area contributed by atoms with Crippen LogP contribution in [0.5, 0.6) is 0 Å². The number of thioether (sulfide) groups is 1. The maximum Gasteiger partial charge on any atom is 0.253 e. The molecule has 1 aromatic rings. The molecule has 1 saturated heterocycles. The summed E-state index contributed by atoms with van der Waals surface area (Å²) in [5.41, 5.74) is 0.787. The second-order valence-electron chi connectivity index (χ2n) is 4.51. The third kappa shape index (κ3) is 2.87. The van der Waals surface area contributed by atoms with E-state index in [9.17, 15) is 4.79 Å². The highest BCUT2D eigenvalue weighted by Gasteiger charge is 2.34. The number of nitrogens with zero attached hydrogens (tertiary/aromatic N) is 1. The zero-order valence-electron chi connectivity index (χ0n) is 10.9. The molecule has 0 unspecified atom stereocenters. The number of carbonyl (C=O) groups excluding carboxylic acids is 1. The van der Waals surface area contributed by atoms with Crippen molar-refractivity contribution in [3.63, 3.8) is 0 Å². The fourth-order valence-corrected chi connectivity index (χ4v) is 3.24. The highest BCUT2D eigenvalue weighted by molar-refractivity contribution is 7.99. The third-order valence-corrected chi connectivity index (χ3v) is 4.43. The molecule has 18 heavy (non-hydrogen) atoms. The van der Waals surface area contributed by atoms with E-state index in [0.717, 1.165) is 25.2 Å². The molecule has 1 fully saturated rings. The van der Waals surface area contributed by atoms with Gasteiger partial charge >= 0.3 is 0 Å². The Hall–Kier alpha value is -1.00. The summed E-state index contributed by atoms with van der Waals surface area (Å²) in [5, 5.41) is 3.96. The highest BCUT2D eigenvalue weighted by Crippen LogP contribution is 2.22. The van der Waals surface area contributed by atoms with Gasteiger partial charge in [0.25, 0.3) is 5.91 Å². The summed E-state index contributed by atoms with van der Waals surface area (Å²) in [7, 11) is 0. The van der Waals surface area contributed by atoms with Gasteiger partial charge < -0.3 is 10.2 Å². The fraction of sp³-hybridized carbons (Fsp3) is 0.500. The van der Waals surface area contributed by atoms with Gasteiger partial charge in [0.1, 0.15) is 0 Å². The Kier molecular flexibility index (Phi) is 4.66. The van der Waals surface area contributed by atoms with E-state index in [0.29, 0.717) is 11.3 Å². The molecule has 0 bridgehead atoms.